The van der Waals surface area contributed by atoms with E-state index in [4.69, 9.17) is 19.8 Å². The van der Waals surface area contributed by atoms with Crippen molar-refractivity contribution in [2.75, 3.05) is 6.54 Å². The number of benzene rings is 1. The van der Waals surface area contributed by atoms with Gasteiger partial charge in [0.15, 0.2) is 0 Å². The van der Waals surface area contributed by atoms with Crippen LogP contribution in [0.5, 0.6) is 0 Å². The molecular formula is C22H31BN2O4. The Hall–Kier alpha value is -2.09. The second-order valence-corrected chi connectivity index (χ2v) is 9.50. The fourth-order valence-corrected chi connectivity index (χ4v) is 3.15. The van der Waals surface area contributed by atoms with Crippen molar-refractivity contribution in [3.05, 3.63) is 41.5 Å². The molecule has 1 aromatic carbocycles. The van der Waals surface area contributed by atoms with Crippen LogP contribution in [-0.2, 0) is 14.0 Å². The van der Waals surface area contributed by atoms with Gasteiger partial charge in [-0.1, -0.05) is 12.1 Å². The monoisotopic (exact) mass is 398 g/mol. The fraction of sp³-hybridized carbons (Fsp3) is 0.500. The first kappa shape index (κ1) is 21.6. The zero-order chi connectivity index (χ0) is 21.6. The zero-order valence-electron chi connectivity index (χ0n) is 18.4. The molecule has 2 heterocycles. The van der Waals surface area contributed by atoms with Gasteiger partial charge in [-0.2, -0.15) is 0 Å². The minimum absolute atomic E-state index is 0.327. The molecule has 3 rings (SSSR count). The third-order valence-electron chi connectivity index (χ3n) is 5.45. The van der Waals surface area contributed by atoms with Crippen LogP contribution in [0, 0.1) is 0 Å². The molecule has 1 fully saturated rings. The second kappa shape index (κ2) is 7.31. The van der Waals surface area contributed by atoms with Crippen molar-refractivity contribution in [1.82, 2.24) is 4.57 Å². The van der Waals surface area contributed by atoms with Gasteiger partial charge in [-0.3, -0.25) is 4.57 Å². The molecule has 0 amide bonds. The largest absolute Gasteiger partial charge is 0.491 e. The van der Waals surface area contributed by atoms with Crippen LogP contribution in [0.4, 0.5) is 4.79 Å². The van der Waals surface area contributed by atoms with E-state index in [1.54, 1.807) is 6.20 Å². The molecule has 2 N–H and O–H groups in total. The zero-order valence-corrected chi connectivity index (χ0v) is 18.4. The number of carbonyl (C=O) groups is 1. The molecule has 0 unspecified atom stereocenters. The standard InChI is InChI=1S/C22H31BN2O4/c1-20(2,3)27-19(26)25-11-10-16-12-15(8-9-18(16)25)13-17(14-24)23-28-21(4,5)22(6,7)29-23/h8-13H,14,24H2,1-7H3. The van der Waals surface area contributed by atoms with Crippen molar-refractivity contribution in [2.24, 2.45) is 5.73 Å². The Labute approximate surface area is 173 Å². The molecule has 29 heavy (non-hydrogen) atoms. The number of ether oxygens (including phenoxy) is 1. The van der Waals surface area contributed by atoms with E-state index in [9.17, 15) is 4.79 Å². The summed E-state index contributed by atoms with van der Waals surface area (Å²) in [5.41, 5.74) is 7.25. The van der Waals surface area contributed by atoms with Crippen LogP contribution >= 0.6 is 0 Å². The molecule has 0 aliphatic carbocycles. The van der Waals surface area contributed by atoms with Crippen molar-refractivity contribution >= 4 is 30.2 Å². The lowest BCUT2D eigenvalue weighted by Gasteiger charge is -2.32. The van der Waals surface area contributed by atoms with E-state index < -0.39 is 30.0 Å². The minimum Gasteiger partial charge on any atom is -0.443 e. The van der Waals surface area contributed by atoms with E-state index in [0.717, 1.165) is 21.9 Å². The molecule has 0 atom stereocenters. The Morgan fingerprint density at radius 2 is 1.79 bits per heavy atom. The molecule has 7 heteroatoms. The van der Waals surface area contributed by atoms with Gasteiger partial charge in [0.2, 0.25) is 0 Å². The summed E-state index contributed by atoms with van der Waals surface area (Å²) >= 11 is 0. The lowest BCUT2D eigenvalue weighted by atomic mass is 9.77. The van der Waals surface area contributed by atoms with E-state index in [-0.39, 0.29) is 0 Å². The lowest BCUT2D eigenvalue weighted by molar-refractivity contribution is 0.00578. The first-order chi connectivity index (χ1) is 13.3. The molecule has 2 aromatic rings. The molecule has 156 valence electrons. The van der Waals surface area contributed by atoms with E-state index >= 15 is 0 Å². The predicted molar refractivity (Wildman–Crippen MR) is 117 cm³/mol. The summed E-state index contributed by atoms with van der Waals surface area (Å²) in [6.07, 6.45) is 3.33. The van der Waals surface area contributed by atoms with Crippen molar-refractivity contribution in [1.29, 1.82) is 0 Å². The third-order valence-corrected chi connectivity index (χ3v) is 5.45. The Kier molecular flexibility index (Phi) is 5.45. The molecule has 0 spiro atoms. The number of nitrogens with zero attached hydrogens (tertiary/aromatic N) is 1. The molecule has 1 saturated heterocycles. The van der Waals surface area contributed by atoms with Crippen LogP contribution in [-0.4, -0.2) is 41.1 Å². The number of aromatic nitrogens is 1. The number of nitrogens with two attached hydrogens (primary N) is 1. The van der Waals surface area contributed by atoms with Gasteiger partial charge in [0.05, 0.1) is 16.7 Å². The van der Waals surface area contributed by atoms with Gasteiger partial charge in [0.25, 0.3) is 0 Å². The summed E-state index contributed by atoms with van der Waals surface area (Å²) in [4.78, 5) is 12.4. The summed E-state index contributed by atoms with van der Waals surface area (Å²) in [5.74, 6) is 0. The summed E-state index contributed by atoms with van der Waals surface area (Å²) < 4.78 is 19.2. The van der Waals surface area contributed by atoms with Crippen molar-refractivity contribution in [3.8, 4) is 0 Å². The van der Waals surface area contributed by atoms with Crippen LogP contribution in [0.1, 0.15) is 54.0 Å². The molecule has 0 radical (unpaired) electrons. The van der Waals surface area contributed by atoms with Gasteiger partial charge in [0.1, 0.15) is 5.60 Å². The first-order valence-electron chi connectivity index (χ1n) is 9.94. The topological polar surface area (TPSA) is 75.7 Å². The highest BCUT2D eigenvalue weighted by molar-refractivity contribution is 6.55. The highest BCUT2D eigenvalue weighted by Crippen LogP contribution is 2.38. The van der Waals surface area contributed by atoms with Gasteiger partial charge < -0.3 is 19.8 Å². The second-order valence-electron chi connectivity index (χ2n) is 9.50. The smallest absolute Gasteiger partial charge is 0.443 e. The summed E-state index contributed by atoms with van der Waals surface area (Å²) in [6.45, 7) is 14.0. The number of hydrogen-bond donors (Lipinski definition) is 1. The van der Waals surface area contributed by atoms with Crippen molar-refractivity contribution in [2.45, 2.75) is 65.3 Å². The maximum absolute atomic E-state index is 12.4. The van der Waals surface area contributed by atoms with E-state index in [0.29, 0.717) is 6.54 Å². The Morgan fingerprint density at radius 1 is 1.17 bits per heavy atom. The minimum atomic E-state index is -0.546. The summed E-state index contributed by atoms with van der Waals surface area (Å²) in [6, 6.07) is 7.76. The Balaban J connectivity index is 1.88. The molecular weight excluding hydrogens is 367 g/mol. The molecule has 0 saturated carbocycles. The van der Waals surface area contributed by atoms with Gasteiger partial charge in [-0.15, -0.1) is 0 Å². The average molecular weight is 398 g/mol. The van der Waals surface area contributed by atoms with E-state index in [2.05, 4.69) is 0 Å². The number of fused-ring (bicyclic) bond motifs is 1. The van der Waals surface area contributed by atoms with Gasteiger partial charge >= 0.3 is 13.2 Å². The van der Waals surface area contributed by atoms with Crippen LogP contribution in [0.2, 0.25) is 0 Å². The predicted octanol–water partition coefficient (Wildman–Crippen LogP) is 4.40. The molecule has 6 nitrogen and oxygen atoms in total. The number of hydrogen-bond acceptors (Lipinski definition) is 5. The van der Waals surface area contributed by atoms with Crippen molar-refractivity contribution < 1.29 is 18.8 Å². The Bertz CT molecular complexity index is 937. The molecule has 1 aliphatic heterocycles. The van der Waals surface area contributed by atoms with E-state index in [1.165, 1.54) is 4.57 Å². The van der Waals surface area contributed by atoms with Crippen LogP contribution in [0.25, 0.3) is 17.0 Å². The number of carbonyl (C=O) groups excluding carboxylic acids is 1. The maximum atomic E-state index is 12.4. The molecule has 1 aliphatic rings. The van der Waals surface area contributed by atoms with Crippen LogP contribution in [0.3, 0.4) is 0 Å². The quantitative estimate of drug-likeness (QED) is 0.776. The molecule has 1 aromatic heterocycles. The third kappa shape index (κ3) is 4.42. The maximum Gasteiger partial charge on any atom is 0.491 e. The van der Waals surface area contributed by atoms with Gasteiger partial charge in [-0.05, 0) is 77.7 Å². The SMILES string of the molecule is CC(C)(C)OC(=O)n1ccc2cc(C=C(CN)B3OC(C)(C)C(C)(C)O3)ccc21. The summed E-state index contributed by atoms with van der Waals surface area (Å²) in [5, 5.41) is 0.940. The van der Waals surface area contributed by atoms with Crippen molar-refractivity contribution in [3.63, 3.8) is 0 Å². The normalized spacial score (nSPS) is 19.0. The lowest BCUT2D eigenvalue weighted by Crippen LogP contribution is -2.41. The highest BCUT2D eigenvalue weighted by Gasteiger charge is 2.52. The van der Waals surface area contributed by atoms with Crippen LogP contribution in [0.15, 0.2) is 35.9 Å². The van der Waals surface area contributed by atoms with E-state index in [1.807, 2.05) is 78.8 Å². The molecule has 0 bridgehead atoms. The first-order valence-corrected chi connectivity index (χ1v) is 9.94. The van der Waals surface area contributed by atoms with Gasteiger partial charge in [-0.25, -0.2) is 4.79 Å². The van der Waals surface area contributed by atoms with Crippen LogP contribution < -0.4 is 5.73 Å². The highest BCUT2D eigenvalue weighted by atomic mass is 16.7. The van der Waals surface area contributed by atoms with Gasteiger partial charge in [0, 0.05) is 18.1 Å². The summed E-state index contributed by atoms with van der Waals surface area (Å²) in [7, 11) is -0.480. The number of rotatable bonds is 3. The average Bonchev–Trinajstić information content (AvgIpc) is 3.08. The Morgan fingerprint density at radius 3 is 2.34 bits per heavy atom. The fourth-order valence-electron chi connectivity index (χ4n) is 3.15.